The van der Waals surface area contributed by atoms with E-state index >= 15 is 0 Å². The van der Waals surface area contributed by atoms with Gasteiger partial charge in [0, 0.05) is 13.0 Å². The maximum atomic E-state index is 11.3. The lowest BCUT2D eigenvalue weighted by Gasteiger charge is -2.16. The Morgan fingerprint density at radius 3 is 2.41 bits per heavy atom. The molecule has 17 heavy (non-hydrogen) atoms. The van der Waals surface area contributed by atoms with Gasteiger partial charge in [-0.3, -0.25) is 9.59 Å². The minimum absolute atomic E-state index is 0.0353. The number of hydrogen-bond donors (Lipinski definition) is 1. The van der Waals surface area contributed by atoms with Crippen molar-refractivity contribution in [1.82, 2.24) is 5.32 Å². The molecule has 0 radical (unpaired) electrons. The molecule has 0 aliphatic rings. The molecule has 0 saturated carbocycles. The Labute approximate surface area is 104 Å². The van der Waals surface area contributed by atoms with E-state index in [0.717, 1.165) is 6.42 Å². The van der Waals surface area contributed by atoms with Crippen LogP contribution in [0, 0.1) is 5.41 Å². The first-order valence-corrected chi connectivity index (χ1v) is 6.27. The Balaban J connectivity index is 3.46. The highest BCUT2D eigenvalue weighted by molar-refractivity contribution is 5.75. The van der Waals surface area contributed by atoms with Gasteiger partial charge in [-0.15, -0.1) is 0 Å². The summed E-state index contributed by atoms with van der Waals surface area (Å²) >= 11 is 0. The van der Waals surface area contributed by atoms with E-state index in [1.807, 2.05) is 27.7 Å². The molecule has 0 atom stereocenters. The average Bonchev–Trinajstić information content (AvgIpc) is 2.14. The zero-order valence-electron chi connectivity index (χ0n) is 11.5. The summed E-state index contributed by atoms with van der Waals surface area (Å²) in [4.78, 5) is 22.5. The van der Waals surface area contributed by atoms with Gasteiger partial charge < -0.3 is 10.1 Å². The first kappa shape index (κ1) is 15.9. The summed E-state index contributed by atoms with van der Waals surface area (Å²) in [6.45, 7) is 8.91. The van der Waals surface area contributed by atoms with Gasteiger partial charge in [0.15, 0.2) is 0 Å². The highest BCUT2D eigenvalue weighted by Gasteiger charge is 2.16. The summed E-state index contributed by atoms with van der Waals surface area (Å²) in [5, 5.41) is 2.78. The average molecular weight is 243 g/mol. The number of carbonyl (C=O) groups is 2. The standard InChI is InChI=1S/C13H25NO3/c1-5-7-11(15)14-8-6-9-17-12(16)10-13(2,3)4/h5-10H2,1-4H3,(H,14,15). The molecule has 0 bridgehead atoms. The third-order valence-corrected chi connectivity index (χ3v) is 2.06. The third-order valence-electron chi connectivity index (χ3n) is 2.06. The normalized spacial score (nSPS) is 11.1. The lowest BCUT2D eigenvalue weighted by molar-refractivity contribution is -0.145. The van der Waals surface area contributed by atoms with Gasteiger partial charge in [-0.2, -0.15) is 0 Å². The smallest absolute Gasteiger partial charge is 0.306 e. The first-order chi connectivity index (χ1) is 7.85. The Kier molecular flexibility index (Phi) is 7.59. The molecule has 4 heteroatoms. The largest absolute Gasteiger partial charge is 0.466 e. The van der Waals surface area contributed by atoms with Crippen LogP contribution >= 0.6 is 0 Å². The Hall–Kier alpha value is -1.06. The van der Waals surface area contributed by atoms with Gasteiger partial charge in [0.05, 0.1) is 13.0 Å². The maximum absolute atomic E-state index is 11.3. The van der Waals surface area contributed by atoms with Crippen LogP contribution in [-0.2, 0) is 14.3 Å². The number of rotatable bonds is 7. The molecule has 1 amide bonds. The molecule has 0 aromatic rings. The van der Waals surface area contributed by atoms with Crippen LogP contribution < -0.4 is 5.32 Å². The fraction of sp³-hybridized carbons (Fsp3) is 0.846. The molecule has 0 saturated heterocycles. The van der Waals surface area contributed by atoms with Crippen molar-refractivity contribution in [2.75, 3.05) is 13.2 Å². The predicted octanol–water partition coefficient (Wildman–Crippen LogP) is 2.27. The number of ether oxygens (including phenoxy) is 1. The molecule has 0 aromatic carbocycles. The van der Waals surface area contributed by atoms with Crippen molar-refractivity contribution in [3.63, 3.8) is 0 Å². The summed E-state index contributed by atoms with van der Waals surface area (Å²) < 4.78 is 5.07. The van der Waals surface area contributed by atoms with Crippen molar-refractivity contribution in [2.24, 2.45) is 5.41 Å². The summed E-state index contributed by atoms with van der Waals surface area (Å²) in [7, 11) is 0. The molecule has 0 fully saturated rings. The summed E-state index contributed by atoms with van der Waals surface area (Å²) in [5.74, 6) is -0.106. The van der Waals surface area contributed by atoms with Gasteiger partial charge in [-0.1, -0.05) is 27.7 Å². The zero-order valence-corrected chi connectivity index (χ0v) is 11.5. The van der Waals surface area contributed by atoms with Crippen molar-refractivity contribution in [1.29, 1.82) is 0 Å². The number of carbonyl (C=O) groups excluding carboxylic acids is 2. The van der Waals surface area contributed by atoms with Crippen LogP contribution in [-0.4, -0.2) is 25.0 Å². The number of nitrogens with one attached hydrogen (secondary N) is 1. The van der Waals surface area contributed by atoms with E-state index in [1.54, 1.807) is 0 Å². The molecule has 0 unspecified atom stereocenters. The van der Waals surface area contributed by atoms with E-state index in [1.165, 1.54) is 0 Å². The van der Waals surface area contributed by atoms with Gasteiger partial charge >= 0.3 is 5.97 Å². The molecule has 0 rings (SSSR count). The highest BCUT2D eigenvalue weighted by Crippen LogP contribution is 2.18. The first-order valence-electron chi connectivity index (χ1n) is 6.27. The summed E-state index contributed by atoms with van der Waals surface area (Å²) in [5.41, 5.74) is -0.0353. The van der Waals surface area contributed by atoms with Gasteiger partial charge in [0.25, 0.3) is 0 Å². The predicted molar refractivity (Wildman–Crippen MR) is 67.6 cm³/mol. The molecule has 0 aliphatic heterocycles. The van der Waals surface area contributed by atoms with Crippen LogP contribution in [0.4, 0.5) is 0 Å². The number of esters is 1. The fourth-order valence-corrected chi connectivity index (χ4v) is 1.29. The lowest BCUT2D eigenvalue weighted by atomic mass is 9.92. The van der Waals surface area contributed by atoms with Crippen molar-refractivity contribution in [2.45, 2.75) is 53.4 Å². The van der Waals surface area contributed by atoms with Gasteiger partial charge in [0.2, 0.25) is 5.91 Å². The minimum atomic E-state index is -0.169. The second kappa shape index (κ2) is 8.09. The molecular formula is C13H25NO3. The summed E-state index contributed by atoms with van der Waals surface area (Å²) in [6.07, 6.45) is 2.51. The molecule has 0 spiro atoms. The quantitative estimate of drug-likeness (QED) is 0.551. The van der Waals surface area contributed by atoms with Crippen molar-refractivity contribution < 1.29 is 14.3 Å². The lowest BCUT2D eigenvalue weighted by Crippen LogP contribution is -2.25. The summed E-state index contributed by atoms with van der Waals surface area (Å²) in [6, 6.07) is 0. The number of hydrogen-bond acceptors (Lipinski definition) is 3. The number of amides is 1. The van der Waals surface area contributed by atoms with Gasteiger partial charge in [0.1, 0.15) is 0 Å². The van der Waals surface area contributed by atoms with Gasteiger partial charge in [-0.25, -0.2) is 0 Å². The van der Waals surface area contributed by atoms with Crippen LogP contribution in [0.2, 0.25) is 0 Å². The third kappa shape index (κ3) is 11.2. The molecule has 100 valence electrons. The molecular weight excluding hydrogens is 218 g/mol. The second-order valence-corrected chi connectivity index (χ2v) is 5.41. The van der Waals surface area contributed by atoms with E-state index in [9.17, 15) is 9.59 Å². The van der Waals surface area contributed by atoms with Gasteiger partial charge in [-0.05, 0) is 18.3 Å². The van der Waals surface area contributed by atoms with Crippen LogP contribution in [0.5, 0.6) is 0 Å². The van der Waals surface area contributed by atoms with Crippen LogP contribution in [0.25, 0.3) is 0 Å². The monoisotopic (exact) mass is 243 g/mol. The Morgan fingerprint density at radius 2 is 1.88 bits per heavy atom. The van der Waals surface area contributed by atoms with E-state index in [2.05, 4.69) is 5.32 Å². The van der Waals surface area contributed by atoms with Crippen molar-refractivity contribution in [3.8, 4) is 0 Å². The van der Waals surface area contributed by atoms with E-state index < -0.39 is 0 Å². The Morgan fingerprint density at radius 1 is 1.24 bits per heavy atom. The van der Waals surface area contributed by atoms with Crippen molar-refractivity contribution >= 4 is 11.9 Å². The molecule has 1 N–H and O–H groups in total. The molecule has 0 heterocycles. The fourth-order valence-electron chi connectivity index (χ4n) is 1.29. The molecule has 4 nitrogen and oxygen atoms in total. The van der Waals surface area contributed by atoms with E-state index in [-0.39, 0.29) is 17.3 Å². The zero-order chi connectivity index (χ0) is 13.3. The second-order valence-electron chi connectivity index (χ2n) is 5.41. The Bertz CT molecular complexity index is 244. The topological polar surface area (TPSA) is 55.4 Å². The minimum Gasteiger partial charge on any atom is -0.466 e. The van der Waals surface area contributed by atoms with Crippen molar-refractivity contribution in [3.05, 3.63) is 0 Å². The SMILES string of the molecule is CCCC(=O)NCCCOC(=O)CC(C)(C)C. The van der Waals surface area contributed by atoms with E-state index in [0.29, 0.717) is 32.4 Å². The van der Waals surface area contributed by atoms with E-state index in [4.69, 9.17) is 4.74 Å². The molecule has 0 aliphatic carbocycles. The van der Waals surface area contributed by atoms with Crippen LogP contribution in [0.3, 0.4) is 0 Å². The van der Waals surface area contributed by atoms with Crippen LogP contribution in [0.15, 0.2) is 0 Å². The highest BCUT2D eigenvalue weighted by atomic mass is 16.5. The molecule has 0 aromatic heterocycles. The maximum Gasteiger partial charge on any atom is 0.306 e. The van der Waals surface area contributed by atoms with Crippen LogP contribution in [0.1, 0.15) is 53.4 Å².